The van der Waals surface area contributed by atoms with Gasteiger partial charge in [-0.1, -0.05) is 12.8 Å². The van der Waals surface area contributed by atoms with E-state index in [1.165, 1.54) is 38.5 Å². The monoisotopic (exact) mass is 346 g/mol. The number of hydrogen-bond donors (Lipinski definition) is 1. The van der Waals surface area contributed by atoms with E-state index in [0.717, 1.165) is 24.7 Å². The van der Waals surface area contributed by atoms with E-state index < -0.39 is 0 Å². The summed E-state index contributed by atoms with van der Waals surface area (Å²) in [5.74, 6) is 3.77. The molecule has 4 aliphatic rings. The first-order valence-corrected chi connectivity index (χ1v) is 10.4. The maximum Gasteiger partial charge on any atom is 0.226 e. The standard InChI is InChI=1S/C21H34N2O2/c1-21(2,12-22-19(24)17-10-13-4-6-15(17)8-13)23(3)20(25)18-11-14-5-7-16(18)9-14/h13-18H,4-12H2,1-3H3,(H,22,24). The Morgan fingerprint density at radius 3 is 1.96 bits per heavy atom. The van der Waals surface area contributed by atoms with Gasteiger partial charge in [-0.05, 0) is 76.0 Å². The van der Waals surface area contributed by atoms with Crippen molar-refractivity contribution in [2.24, 2.45) is 35.5 Å². The molecule has 140 valence electrons. The highest BCUT2D eigenvalue weighted by Gasteiger charge is 2.46. The summed E-state index contributed by atoms with van der Waals surface area (Å²) in [5.41, 5.74) is -0.327. The van der Waals surface area contributed by atoms with Gasteiger partial charge < -0.3 is 10.2 Å². The molecule has 2 amide bonds. The Labute approximate surface area is 152 Å². The normalized spacial score (nSPS) is 39.0. The Bertz CT molecular complexity index is 558. The van der Waals surface area contributed by atoms with Crippen LogP contribution in [0.15, 0.2) is 0 Å². The number of likely N-dealkylation sites (N-methyl/N-ethyl adjacent to an activating group) is 1. The van der Waals surface area contributed by atoms with E-state index in [-0.39, 0.29) is 23.3 Å². The van der Waals surface area contributed by atoms with Gasteiger partial charge in [0.2, 0.25) is 11.8 Å². The van der Waals surface area contributed by atoms with Crippen LogP contribution in [0.4, 0.5) is 0 Å². The molecule has 0 spiro atoms. The maximum atomic E-state index is 13.0. The van der Waals surface area contributed by atoms with Crippen LogP contribution >= 0.6 is 0 Å². The molecule has 0 saturated heterocycles. The Hall–Kier alpha value is -1.06. The van der Waals surface area contributed by atoms with Gasteiger partial charge in [-0.3, -0.25) is 9.59 Å². The van der Waals surface area contributed by atoms with Gasteiger partial charge in [0.15, 0.2) is 0 Å². The first-order chi connectivity index (χ1) is 11.8. The van der Waals surface area contributed by atoms with Crippen molar-refractivity contribution in [3.05, 3.63) is 0 Å². The van der Waals surface area contributed by atoms with E-state index >= 15 is 0 Å². The third-order valence-corrected chi connectivity index (χ3v) is 8.06. The molecule has 6 unspecified atom stereocenters. The van der Waals surface area contributed by atoms with Crippen molar-refractivity contribution in [1.82, 2.24) is 10.2 Å². The minimum Gasteiger partial charge on any atom is -0.354 e. The van der Waals surface area contributed by atoms with Gasteiger partial charge in [-0.25, -0.2) is 0 Å². The zero-order valence-electron chi connectivity index (χ0n) is 16.1. The van der Waals surface area contributed by atoms with Crippen molar-refractivity contribution in [2.75, 3.05) is 13.6 Å². The average Bonchev–Trinajstić information content (AvgIpc) is 3.38. The third-order valence-electron chi connectivity index (χ3n) is 8.06. The Morgan fingerprint density at radius 2 is 1.48 bits per heavy atom. The van der Waals surface area contributed by atoms with E-state index in [1.54, 1.807) is 0 Å². The molecule has 4 fully saturated rings. The van der Waals surface area contributed by atoms with Crippen LogP contribution in [0, 0.1) is 35.5 Å². The summed E-state index contributed by atoms with van der Waals surface area (Å²) in [6.45, 7) is 4.72. The molecule has 0 aromatic carbocycles. The topological polar surface area (TPSA) is 49.4 Å². The van der Waals surface area contributed by atoms with E-state index in [4.69, 9.17) is 0 Å². The second kappa shape index (κ2) is 6.28. The van der Waals surface area contributed by atoms with Gasteiger partial charge in [0.05, 0.1) is 5.54 Å². The number of nitrogens with one attached hydrogen (secondary N) is 1. The van der Waals surface area contributed by atoms with Crippen molar-refractivity contribution < 1.29 is 9.59 Å². The quantitative estimate of drug-likeness (QED) is 0.831. The molecule has 4 rings (SSSR count). The van der Waals surface area contributed by atoms with Gasteiger partial charge >= 0.3 is 0 Å². The van der Waals surface area contributed by atoms with Crippen LogP contribution in [-0.2, 0) is 9.59 Å². The molecule has 0 heterocycles. The average molecular weight is 347 g/mol. The molecule has 0 aromatic heterocycles. The molecule has 1 N–H and O–H groups in total. The predicted octanol–water partition coefficient (Wildman–Crippen LogP) is 3.21. The van der Waals surface area contributed by atoms with Crippen molar-refractivity contribution in [3.8, 4) is 0 Å². The first kappa shape index (κ1) is 17.4. The molecule has 25 heavy (non-hydrogen) atoms. The highest BCUT2D eigenvalue weighted by molar-refractivity contribution is 5.81. The second-order valence-electron chi connectivity index (χ2n) is 9.99. The van der Waals surface area contributed by atoms with Crippen LogP contribution in [-0.4, -0.2) is 35.8 Å². The van der Waals surface area contributed by atoms with Crippen LogP contribution in [0.1, 0.15) is 65.2 Å². The molecular formula is C21H34N2O2. The minimum absolute atomic E-state index is 0.223. The molecule has 0 radical (unpaired) electrons. The highest BCUT2D eigenvalue weighted by atomic mass is 16.2. The molecule has 4 heteroatoms. The molecule has 0 aliphatic heterocycles. The van der Waals surface area contributed by atoms with E-state index in [9.17, 15) is 9.59 Å². The summed E-state index contributed by atoms with van der Waals surface area (Å²) >= 11 is 0. The van der Waals surface area contributed by atoms with Gasteiger partial charge in [0.1, 0.15) is 0 Å². The molecule has 4 bridgehead atoms. The molecule has 0 aromatic rings. The summed E-state index contributed by atoms with van der Waals surface area (Å²) in [6.07, 6.45) is 9.78. The Balaban J connectivity index is 1.31. The summed E-state index contributed by atoms with van der Waals surface area (Å²) in [6, 6.07) is 0. The van der Waals surface area contributed by atoms with Gasteiger partial charge in [-0.15, -0.1) is 0 Å². The van der Waals surface area contributed by atoms with Gasteiger partial charge in [0.25, 0.3) is 0 Å². The van der Waals surface area contributed by atoms with E-state index in [2.05, 4.69) is 19.2 Å². The number of carbonyl (C=O) groups is 2. The SMILES string of the molecule is CN(C(=O)C1CC2CCC1C2)C(C)(C)CNC(=O)C1CC2CCC1C2. The summed E-state index contributed by atoms with van der Waals surface area (Å²) in [5, 5.41) is 3.18. The highest BCUT2D eigenvalue weighted by Crippen LogP contribution is 2.49. The number of nitrogens with zero attached hydrogens (tertiary/aromatic N) is 1. The number of hydrogen-bond acceptors (Lipinski definition) is 2. The van der Waals surface area contributed by atoms with Crippen LogP contribution in [0.3, 0.4) is 0 Å². The van der Waals surface area contributed by atoms with Crippen molar-refractivity contribution in [3.63, 3.8) is 0 Å². The second-order valence-corrected chi connectivity index (χ2v) is 9.99. The fraction of sp³-hybridized carbons (Fsp3) is 0.905. The lowest BCUT2D eigenvalue weighted by molar-refractivity contribution is -0.141. The minimum atomic E-state index is -0.327. The first-order valence-electron chi connectivity index (χ1n) is 10.4. The fourth-order valence-corrected chi connectivity index (χ4v) is 6.21. The molecular weight excluding hydrogens is 312 g/mol. The van der Waals surface area contributed by atoms with Crippen molar-refractivity contribution >= 4 is 11.8 Å². The smallest absolute Gasteiger partial charge is 0.226 e. The number of carbonyl (C=O) groups excluding carboxylic acids is 2. The fourth-order valence-electron chi connectivity index (χ4n) is 6.21. The largest absolute Gasteiger partial charge is 0.354 e. The number of amides is 2. The van der Waals surface area contributed by atoms with Crippen LogP contribution in [0.25, 0.3) is 0 Å². The summed E-state index contributed by atoms with van der Waals surface area (Å²) in [4.78, 5) is 27.5. The maximum absolute atomic E-state index is 13.0. The van der Waals surface area contributed by atoms with Crippen LogP contribution < -0.4 is 5.32 Å². The summed E-state index contributed by atoms with van der Waals surface area (Å²) < 4.78 is 0. The van der Waals surface area contributed by atoms with Gasteiger partial charge in [0, 0.05) is 25.4 Å². The summed E-state index contributed by atoms with van der Waals surface area (Å²) in [7, 11) is 1.93. The van der Waals surface area contributed by atoms with Crippen LogP contribution in [0.5, 0.6) is 0 Å². The zero-order chi connectivity index (χ0) is 17.8. The lowest BCUT2D eigenvalue weighted by atomic mass is 9.86. The molecule has 4 nitrogen and oxygen atoms in total. The van der Waals surface area contributed by atoms with Gasteiger partial charge in [-0.2, -0.15) is 0 Å². The van der Waals surface area contributed by atoms with E-state index in [0.29, 0.717) is 24.3 Å². The molecule has 6 atom stereocenters. The lowest BCUT2D eigenvalue weighted by Gasteiger charge is -2.39. The van der Waals surface area contributed by atoms with E-state index in [1.807, 2.05) is 11.9 Å². The van der Waals surface area contributed by atoms with Crippen molar-refractivity contribution in [1.29, 1.82) is 0 Å². The molecule has 4 aliphatic carbocycles. The number of fused-ring (bicyclic) bond motifs is 4. The third kappa shape index (κ3) is 3.10. The zero-order valence-corrected chi connectivity index (χ0v) is 16.1. The van der Waals surface area contributed by atoms with Crippen molar-refractivity contribution in [2.45, 2.75) is 70.8 Å². The molecule has 4 saturated carbocycles. The van der Waals surface area contributed by atoms with Crippen LogP contribution in [0.2, 0.25) is 0 Å². The lowest BCUT2D eigenvalue weighted by Crippen LogP contribution is -2.55. The Kier molecular flexibility index (Phi) is 4.36. The number of rotatable bonds is 5. The predicted molar refractivity (Wildman–Crippen MR) is 97.7 cm³/mol. The Morgan fingerprint density at radius 1 is 0.920 bits per heavy atom.